The first kappa shape index (κ1) is 27.8. The fourth-order valence-electron chi connectivity index (χ4n) is 3.48. The zero-order valence-electron chi connectivity index (χ0n) is 20.0. The second-order valence-corrected chi connectivity index (χ2v) is 8.79. The molecule has 0 aromatic carbocycles. The Bertz CT molecular complexity index is 258. The van der Waals surface area contributed by atoms with E-state index in [4.69, 9.17) is 0 Å². The van der Waals surface area contributed by atoms with Gasteiger partial charge in [-0.25, -0.2) is 0 Å². The monoisotopic (exact) mass is 398 g/mol. The van der Waals surface area contributed by atoms with Gasteiger partial charge in [0.2, 0.25) is 0 Å². The molecule has 0 radical (unpaired) electrons. The molecule has 1 atom stereocenters. The van der Waals surface area contributed by atoms with Crippen LogP contribution in [0.1, 0.15) is 97.8 Å². The van der Waals surface area contributed by atoms with Crippen LogP contribution in [0.2, 0.25) is 0 Å². The predicted octanol–water partition coefficient (Wildman–Crippen LogP) is 5.00. The molecular formula is C24H54N4. The molecule has 4 nitrogen and oxygen atoms in total. The Hall–Kier alpha value is -0.160. The van der Waals surface area contributed by atoms with Gasteiger partial charge in [-0.15, -0.1) is 0 Å². The summed E-state index contributed by atoms with van der Waals surface area (Å²) in [5.41, 5.74) is 0. The molecule has 28 heavy (non-hydrogen) atoms. The molecule has 0 saturated carbocycles. The van der Waals surface area contributed by atoms with Crippen molar-refractivity contribution in [3.8, 4) is 0 Å². The van der Waals surface area contributed by atoms with Crippen molar-refractivity contribution >= 4 is 0 Å². The SMILES string of the molecule is CC1CNCCNCN(C)CCNC1.CCCCCCCCCCCCCC. The second-order valence-electron chi connectivity index (χ2n) is 8.79. The molecule has 3 N–H and O–H groups in total. The maximum absolute atomic E-state index is 3.47. The van der Waals surface area contributed by atoms with Crippen molar-refractivity contribution in [1.82, 2.24) is 20.9 Å². The number of nitrogens with one attached hydrogen (secondary N) is 3. The summed E-state index contributed by atoms with van der Waals surface area (Å²) in [5, 5.41) is 10.3. The molecule has 1 saturated heterocycles. The minimum Gasteiger partial charge on any atom is -0.315 e. The third-order valence-corrected chi connectivity index (χ3v) is 5.47. The minimum atomic E-state index is 0.722. The Morgan fingerprint density at radius 3 is 1.57 bits per heavy atom. The van der Waals surface area contributed by atoms with E-state index in [1.807, 2.05) is 0 Å². The van der Waals surface area contributed by atoms with Crippen molar-refractivity contribution in [1.29, 1.82) is 0 Å². The first-order valence-electron chi connectivity index (χ1n) is 12.5. The van der Waals surface area contributed by atoms with E-state index in [0.717, 1.165) is 51.9 Å². The van der Waals surface area contributed by atoms with E-state index in [1.54, 1.807) is 0 Å². The highest BCUT2D eigenvalue weighted by atomic mass is 15.2. The maximum atomic E-state index is 3.47. The van der Waals surface area contributed by atoms with Crippen molar-refractivity contribution < 1.29 is 0 Å². The lowest BCUT2D eigenvalue weighted by Crippen LogP contribution is -2.42. The van der Waals surface area contributed by atoms with Crippen LogP contribution in [0.5, 0.6) is 0 Å². The van der Waals surface area contributed by atoms with Crippen molar-refractivity contribution in [2.24, 2.45) is 5.92 Å². The Labute approximate surface area is 178 Å². The molecule has 0 aromatic heterocycles. The molecule has 170 valence electrons. The average molecular weight is 399 g/mol. The number of rotatable bonds is 11. The van der Waals surface area contributed by atoms with Gasteiger partial charge in [-0.1, -0.05) is 97.8 Å². The van der Waals surface area contributed by atoms with Crippen molar-refractivity contribution in [2.45, 2.75) is 97.8 Å². The average Bonchev–Trinajstić information content (AvgIpc) is 2.69. The summed E-state index contributed by atoms with van der Waals surface area (Å²) in [6.07, 6.45) is 17.4. The van der Waals surface area contributed by atoms with Crippen molar-refractivity contribution in [2.75, 3.05) is 53.0 Å². The van der Waals surface area contributed by atoms with Crippen molar-refractivity contribution in [3.05, 3.63) is 0 Å². The molecule has 1 aliphatic heterocycles. The molecule has 1 fully saturated rings. The van der Waals surface area contributed by atoms with Gasteiger partial charge in [0.25, 0.3) is 0 Å². The molecule has 0 spiro atoms. The van der Waals surface area contributed by atoms with E-state index < -0.39 is 0 Å². The third kappa shape index (κ3) is 22.1. The van der Waals surface area contributed by atoms with Crippen LogP contribution in [0.25, 0.3) is 0 Å². The van der Waals surface area contributed by atoms with Crippen LogP contribution < -0.4 is 16.0 Å². The van der Waals surface area contributed by atoms with Gasteiger partial charge < -0.3 is 16.0 Å². The molecule has 1 rings (SSSR count). The summed E-state index contributed by atoms with van der Waals surface area (Å²) in [7, 11) is 2.15. The van der Waals surface area contributed by atoms with Crippen LogP contribution in [0, 0.1) is 5.92 Å². The van der Waals surface area contributed by atoms with Gasteiger partial charge in [0.05, 0.1) is 0 Å². The Morgan fingerprint density at radius 2 is 1.07 bits per heavy atom. The van der Waals surface area contributed by atoms with Gasteiger partial charge in [-0.2, -0.15) is 0 Å². The smallest absolute Gasteiger partial charge is 0.0478 e. The summed E-state index contributed by atoms with van der Waals surface area (Å²) in [4.78, 5) is 2.30. The number of nitrogens with zero attached hydrogens (tertiary/aromatic N) is 1. The largest absolute Gasteiger partial charge is 0.315 e. The second kappa shape index (κ2) is 23.1. The van der Waals surface area contributed by atoms with Crippen LogP contribution in [-0.4, -0.2) is 57.9 Å². The zero-order chi connectivity index (χ0) is 20.7. The lowest BCUT2D eigenvalue weighted by molar-refractivity contribution is 0.297. The van der Waals surface area contributed by atoms with Crippen LogP contribution in [0.4, 0.5) is 0 Å². The zero-order valence-corrected chi connectivity index (χ0v) is 20.0. The number of likely N-dealkylation sites (N-methyl/N-ethyl adjacent to an activating group) is 1. The van der Waals surface area contributed by atoms with Gasteiger partial charge >= 0.3 is 0 Å². The predicted molar refractivity (Wildman–Crippen MR) is 127 cm³/mol. The van der Waals surface area contributed by atoms with Gasteiger partial charge in [-0.05, 0) is 26.1 Å². The standard InChI is InChI=1S/C14H30.C10H24N4/c1-3-5-7-9-11-13-14-12-10-8-6-4-2;1-10-7-11-3-4-13-9-14(2)6-5-12-8-10/h3-14H2,1-2H3;10-13H,3-9H2,1-2H3. The topological polar surface area (TPSA) is 39.3 Å². The van der Waals surface area contributed by atoms with E-state index in [-0.39, 0.29) is 0 Å². The fourth-order valence-corrected chi connectivity index (χ4v) is 3.48. The molecule has 4 heteroatoms. The Morgan fingerprint density at radius 1 is 0.643 bits per heavy atom. The molecule has 0 aromatic rings. The van der Waals surface area contributed by atoms with Crippen molar-refractivity contribution in [3.63, 3.8) is 0 Å². The lowest BCUT2D eigenvalue weighted by atomic mass is 10.1. The molecule has 0 bridgehead atoms. The number of hydrogen-bond donors (Lipinski definition) is 3. The fraction of sp³-hybridized carbons (Fsp3) is 1.00. The molecule has 0 aliphatic carbocycles. The highest BCUT2D eigenvalue weighted by Gasteiger charge is 2.03. The first-order chi connectivity index (χ1) is 13.7. The molecule has 1 unspecified atom stereocenters. The van der Waals surface area contributed by atoms with Crippen LogP contribution in [-0.2, 0) is 0 Å². The summed E-state index contributed by atoms with van der Waals surface area (Å²) in [5.74, 6) is 0.722. The Kier molecular flexibility index (Phi) is 23.0. The van der Waals surface area contributed by atoms with Gasteiger partial charge in [0.1, 0.15) is 0 Å². The minimum absolute atomic E-state index is 0.722. The highest BCUT2D eigenvalue weighted by Crippen LogP contribution is 2.11. The van der Waals surface area contributed by atoms with Gasteiger partial charge in [-0.3, -0.25) is 4.90 Å². The normalized spacial score (nSPS) is 19.9. The Balaban J connectivity index is 0.000000521. The van der Waals surface area contributed by atoms with E-state index in [2.05, 4.69) is 48.7 Å². The van der Waals surface area contributed by atoms with Gasteiger partial charge in [0.15, 0.2) is 0 Å². The summed E-state index contributed by atoms with van der Waals surface area (Å²) in [6.45, 7) is 14.4. The summed E-state index contributed by atoms with van der Waals surface area (Å²) in [6, 6.07) is 0. The summed E-state index contributed by atoms with van der Waals surface area (Å²) < 4.78 is 0. The van der Waals surface area contributed by atoms with E-state index >= 15 is 0 Å². The first-order valence-corrected chi connectivity index (χ1v) is 12.5. The molecule has 1 heterocycles. The summed E-state index contributed by atoms with van der Waals surface area (Å²) >= 11 is 0. The van der Waals surface area contributed by atoms with Crippen LogP contribution in [0.15, 0.2) is 0 Å². The highest BCUT2D eigenvalue weighted by molar-refractivity contribution is 4.64. The number of unbranched alkanes of at least 4 members (excludes halogenated alkanes) is 11. The van der Waals surface area contributed by atoms with Gasteiger partial charge in [0, 0.05) is 32.8 Å². The quantitative estimate of drug-likeness (QED) is 0.428. The van der Waals surface area contributed by atoms with Crippen LogP contribution >= 0.6 is 0 Å². The third-order valence-electron chi connectivity index (χ3n) is 5.47. The molecule has 1 aliphatic rings. The lowest BCUT2D eigenvalue weighted by Gasteiger charge is -2.21. The van der Waals surface area contributed by atoms with E-state index in [1.165, 1.54) is 77.0 Å². The molecule has 0 amide bonds. The number of hydrogen-bond acceptors (Lipinski definition) is 4. The molecular weight excluding hydrogens is 344 g/mol. The maximum Gasteiger partial charge on any atom is 0.0478 e. The van der Waals surface area contributed by atoms with Crippen LogP contribution in [0.3, 0.4) is 0 Å². The van der Waals surface area contributed by atoms with E-state index in [9.17, 15) is 0 Å². The van der Waals surface area contributed by atoms with E-state index in [0.29, 0.717) is 0 Å².